The lowest BCUT2D eigenvalue weighted by Crippen LogP contribution is -2.10. The third-order valence-electron chi connectivity index (χ3n) is 2.47. The molecule has 2 aromatic rings. The number of nitrogens with zero attached hydrogens (tertiary/aromatic N) is 2. The first kappa shape index (κ1) is 12.6. The van der Waals surface area contributed by atoms with Gasteiger partial charge in [-0.05, 0) is 18.2 Å². The van der Waals surface area contributed by atoms with Crippen LogP contribution in [0, 0.1) is 15.9 Å². The Morgan fingerprint density at radius 3 is 2.74 bits per heavy atom. The van der Waals surface area contributed by atoms with Gasteiger partial charge < -0.3 is 5.73 Å². The molecule has 19 heavy (non-hydrogen) atoms. The Morgan fingerprint density at radius 1 is 1.37 bits per heavy atom. The zero-order chi connectivity index (χ0) is 14.0. The summed E-state index contributed by atoms with van der Waals surface area (Å²) in [5.74, 6) is -1.60. The molecule has 0 radical (unpaired) electrons. The molecule has 7 heteroatoms. The molecule has 96 valence electrons. The van der Waals surface area contributed by atoms with E-state index in [0.29, 0.717) is 0 Å². The van der Waals surface area contributed by atoms with Crippen molar-refractivity contribution in [1.82, 2.24) is 4.98 Å². The van der Waals surface area contributed by atoms with Crippen LogP contribution in [0.2, 0.25) is 0 Å². The second kappa shape index (κ2) is 4.81. The minimum Gasteiger partial charge on any atom is -0.398 e. The molecule has 0 spiro atoms. The van der Waals surface area contributed by atoms with Crippen molar-refractivity contribution < 1.29 is 14.1 Å². The molecule has 0 aliphatic rings. The third kappa shape index (κ3) is 2.39. The second-order valence-electron chi connectivity index (χ2n) is 3.69. The average Bonchev–Trinajstić information content (AvgIpc) is 2.38. The topological polar surface area (TPSA) is 99.1 Å². The number of benzene rings is 1. The summed E-state index contributed by atoms with van der Waals surface area (Å²) in [6, 6.07) is 5.82. The number of hydrogen-bond acceptors (Lipinski definition) is 5. The fourth-order valence-corrected chi connectivity index (χ4v) is 1.53. The number of halogens is 1. The molecule has 2 rings (SSSR count). The summed E-state index contributed by atoms with van der Waals surface area (Å²) in [6.45, 7) is 0. The van der Waals surface area contributed by atoms with E-state index >= 15 is 0 Å². The largest absolute Gasteiger partial charge is 0.398 e. The molecule has 0 aliphatic heterocycles. The number of anilines is 1. The summed E-state index contributed by atoms with van der Waals surface area (Å²) in [5.41, 5.74) is 4.75. The number of hydrogen-bond donors (Lipinski definition) is 1. The summed E-state index contributed by atoms with van der Waals surface area (Å²) in [7, 11) is 0. The fraction of sp³-hybridized carbons (Fsp3) is 0. The zero-order valence-corrected chi connectivity index (χ0v) is 9.54. The van der Waals surface area contributed by atoms with Gasteiger partial charge in [0.15, 0.2) is 5.82 Å². The zero-order valence-electron chi connectivity index (χ0n) is 9.54. The van der Waals surface area contributed by atoms with E-state index in [0.717, 1.165) is 12.1 Å². The number of ketones is 1. The summed E-state index contributed by atoms with van der Waals surface area (Å²) >= 11 is 0. The van der Waals surface area contributed by atoms with Crippen molar-refractivity contribution >= 4 is 17.2 Å². The molecular formula is C12H8FN3O3. The number of nitro benzene ring substituents is 1. The molecular weight excluding hydrogens is 253 g/mol. The van der Waals surface area contributed by atoms with Crippen LogP contribution in [0.15, 0.2) is 36.5 Å². The van der Waals surface area contributed by atoms with Crippen LogP contribution >= 0.6 is 0 Å². The molecule has 2 N–H and O–H groups in total. The van der Waals surface area contributed by atoms with Crippen LogP contribution < -0.4 is 5.73 Å². The maximum absolute atomic E-state index is 13.5. The molecule has 0 amide bonds. The van der Waals surface area contributed by atoms with Gasteiger partial charge in [-0.15, -0.1) is 0 Å². The molecule has 0 fully saturated rings. The second-order valence-corrected chi connectivity index (χ2v) is 3.69. The number of non-ortho nitro benzene ring substituents is 1. The van der Waals surface area contributed by atoms with Crippen molar-refractivity contribution in [3.05, 3.63) is 63.7 Å². The summed E-state index contributed by atoms with van der Waals surface area (Å²) < 4.78 is 13.5. The van der Waals surface area contributed by atoms with Crippen LogP contribution in [0.5, 0.6) is 0 Å². The van der Waals surface area contributed by atoms with Crippen molar-refractivity contribution in [2.24, 2.45) is 0 Å². The number of nitro groups is 1. The highest BCUT2D eigenvalue weighted by Crippen LogP contribution is 2.22. The predicted molar refractivity (Wildman–Crippen MR) is 65.1 cm³/mol. The Hall–Kier alpha value is -2.83. The maximum Gasteiger partial charge on any atom is 0.270 e. The lowest BCUT2D eigenvalue weighted by atomic mass is 10.0. The molecule has 6 nitrogen and oxygen atoms in total. The lowest BCUT2D eigenvalue weighted by Gasteiger charge is -2.04. The first-order chi connectivity index (χ1) is 9.00. The molecule has 0 bridgehead atoms. The van der Waals surface area contributed by atoms with Gasteiger partial charge in [-0.1, -0.05) is 0 Å². The highest BCUT2D eigenvalue weighted by Gasteiger charge is 2.20. The normalized spacial score (nSPS) is 10.2. The van der Waals surface area contributed by atoms with Crippen molar-refractivity contribution in [1.29, 1.82) is 0 Å². The van der Waals surface area contributed by atoms with E-state index < -0.39 is 22.2 Å². The van der Waals surface area contributed by atoms with Crippen molar-refractivity contribution in [3.8, 4) is 0 Å². The van der Waals surface area contributed by atoms with Crippen LogP contribution in [-0.2, 0) is 0 Å². The number of pyridine rings is 1. The Morgan fingerprint density at radius 2 is 2.11 bits per heavy atom. The highest BCUT2D eigenvalue weighted by molar-refractivity contribution is 6.11. The Kier molecular flexibility index (Phi) is 3.19. The number of nitrogen functional groups attached to an aromatic ring is 1. The molecule has 1 aromatic carbocycles. The minimum absolute atomic E-state index is 0.0284. The maximum atomic E-state index is 13.5. The highest BCUT2D eigenvalue weighted by atomic mass is 19.1. The molecule has 0 atom stereocenters. The van der Waals surface area contributed by atoms with E-state index in [1.54, 1.807) is 0 Å². The molecule has 0 aliphatic carbocycles. The number of carbonyl (C=O) groups is 1. The van der Waals surface area contributed by atoms with E-state index in [2.05, 4.69) is 4.98 Å². The van der Waals surface area contributed by atoms with E-state index in [-0.39, 0.29) is 16.9 Å². The van der Waals surface area contributed by atoms with Crippen LogP contribution in [0.3, 0.4) is 0 Å². The van der Waals surface area contributed by atoms with Crippen LogP contribution in [0.25, 0.3) is 0 Å². The molecule has 0 unspecified atom stereocenters. The predicted octanol–water partition coefficient (Wildman–Crippen LogP) is 1.94. The summed E-state index contributed by atoms with van der Waals surface area (Å²) in [6.07, 6.45) is 1.25. The van der Waals surface area contributed by atoms with Crippen LogP contribution in [0.1, 0.15) is 16.1 Å². The fourth-order valence-electron chi connectivity index (χ4n) is 1.53. The van der Waals surface area contributed by atoms with Gasteiger partial charge in [0.2, 0.25) is 5.78 Å². The number of nitrogens with two attached hydrogens (primary N) is 1. The van der Waals surface area contributed by atoms with Crippen LogP contribution in [-0.4, -0.2) is 15.7 Å². The quantitative estimate of drug-likeness (QED) is 0.394. The average molecular weight is 261 g/mol. The standard InChI is InChI=1S/C12H8FN3O3/c13-9-2-1-5-15-11(9)12(17)8-6-7(16(18)19)3-4-10(8)14/h1-6H,14H2. The Labute approximate surface area is 106 Å². The molecule has 1 aromatic heterocycles. The molecule has 1 heterocycles. The monoisotopic (exact) mass is 261 g/mol. The number of aromatic nitrogens is 1. The lowest BCUT2D eigenvalue weighted by molar-refractivity contribution is -0.384. The van der Waals surface area contributed by atoms with E-state index in [1.807, 2.05) is 0 Å². The SMILES string of the molecule is Nc1ccc([N+](=O)[O-])cc1C(=O)c1ncccc1F. The first-order valence-electron chi connectivity index (χ1n) is 5.20. The molecule has 0 saturated heterocycles. The Balaban J connectivity index is 2.53. The van der Waals surface area contributed by atoms with E-state index in [9.17, 15) is 19.3 Å². The third-order valence-corrected chi connectivity index (χ3v) is 2.47. The molecule has 0 saturated carbocycles. The van der Waals surface area contributed by atoms with Gasteiger partial charge in [0.05, 0.1) is 10.5 Å². The Bertz CT molecular complexity index is 673. The smallest absolute Gasteiger partial charge is 0.270 e. The van der Waals surface area contributed by atoms with E-state index in [4.69, 9.17) is 5.73 Å². The first-order valence-corrected chi connectivity index (χ1v) is 5.20. The van der Waals surface area contributed by atoms with Crippen LogP contribution in [0.4, 0.5) is 15.8 Å². The van der Waals surface area contributed by atoms with Gasteiger partial charge in [0.1, 0.15) is 5.69 Å². The summed E-state index contributed by atoms with van der Waals surface area (Å²) in [4.78, 5) is 25.7. The van der Waals surface area contributed by atoms with Gasteiger partial charge in [-0.25, -0.2) is 9.37 Å². The van der Waals surface area contributed by atoms with Crippen molar-refractivity contribution in [2.75, 3.05) is 5.73 Å². The summed E-state index contributed by atoms with van der Waals surface area (Å²) in [5, 5.41) is 10.7. The number of rotatable bonds is 3. The van der Waals surface area contributed by atoms with Gasteiger partial charge in [-0.3, -0.25) is 14.9 Å². The number of carbonyl (C=O) groups excluding carboxylic acids is 1. The van der Waals surface area contributed by atoms with Gasteiger partial charge in [-0.2, -0.15) is 0 Å². The van der Waals surface area contributed by atoms with Gasteiger partial charge >= 0.3 is 0 Å². The van der Waals surface area contributed by atoms with E-state index in [1.165, 1.54) is 24.4 Å². The minimum atomic E-state index is -0.807. The van der Waals surface area contributed by atoms with Gasteiger partial charge in [0, 0.05) is 24.0 Å². The van der Waals surface area contributed by atoms with Crippen molar-refractivity contribution in [3.63, 3.8) is 0 Å². The van der Waals surface area contributed by atoms with Gasteiger partial charge in [0.25, 0.3) is 5.69 Å². The van der Waals surface area contributed by atoms with Crippen molar-refractivity contribution in [2.45, 2.75) is 0 Å².